The zero-order valence-electron chi connectivity index (χ0n) is 11.0. The predicted octanol–water partition coefficient (Wildman–Crippen LogP) is 4.35. The van der Waals surface area contributed by atoms with Crippen molar-refractivity contribution in [1.82, 2.24) is 0 Å². The lowest BCUT2D eigenvalue weighted by atomic mass is 10.3. The van der Waals surface area contributed by atoms with Crippen molar-refractivity contribution in [1.29, 1.82) is 0 Å². The highest BCUT2D eigenvalue weighted by Crippen LogP contribution is 2.34. The fourth-order valence-electron chi connectivity index (χ4n) is 1.61. The summed E-state index contributed by atoms with van der Waals surface area (Å²) in [4.78, 5) is 11.8. The first-order valence-corrected chi connectivity index (χ1v) is 6.65. The molecule has 2 rings (SSSR count). The van der Waals surface area contributed by atoms with E-state index in [4.69, 9.17) is 27.9 Å². The maximum atomic E-state index is 11.8. The zero-order chi connectivity index (χ0) is 15.4. The second-order valence-corrected chi connectivity index (χ2v) is 4.91. The minimum atomic E-state index is -0.460. The van der Waals surface area contributed by atoms with Crippen molar-refractivity contribution in [2.45, 2.75) is 0 Å². The van der Waals surface area contributed by atoms with Gasteiger partial charge in [0, 0.05) is 11.4 Å². The molecule has 0 atom stereocenters. The zero-order valence-corrected chi connectivity index (χ0v) is 12.5. The largest absolute Gasteiger partial charge is 0.505 e. The van der Waals surface area contributed by atoms with Gasteiger partial charge in [-0.1, -0.05) is 23.2 Å². The Hall–Kier alpha value is -2.11. The average molecular weight is 327 g/mol. The molecule has 0 heterocycles. The Bertz CT molecular complexity index is 637. The van der Waals surface area contributed by atoms with Crippen molar-refractivity contribution >= 4 is 40.6 Å². The van der Waals surface area contributed by atoms with E-state index in [-0.39, 0.29) is 15.8 Å². The van der Waals surface area contributed by atoms with E-state index in [0.29, 0.717) is 17.1 Å². The van der Waals surface area contributed by atoms with Crippen LogP contribution < -0.4 is 15.4 Å². The maximum Gasteiger partial charge on any atom is 0.323 e. The minimum Gasteiger partial charge on any atom is -0.505 e. The molecular weight excluding hydrogens is 315 g/mol. The highest BCUT2D eigenvalue weighted by molar-refractivity contribution is 6.37. The molecule has 2 amide bonds. The fraction of sp³-hybridized carbons (Fsp3) is 0.0714. The van der Waals surface area contributed by atoms with Crippen LogP contribution in [0.25, 0.3) is 0 Å². The van der Waals surface area contributed by atoms with E-state index in [9.17, 15) is 9.90 Å². The molecule has 0 aromatic heterocycles. The molecule has 0 fully saturated rings. The van der Waals surface area contributed by atoms with Crippen LogP contribution in [0.3, 0.4) is 0 Å². The number of urea groups is 1. The summed E-state index contributed by atoms with van der Waals surface area (Å²) in [7, 11) is 1.56. The molecule has 0 unspecified atom stereocenters. The summed E-state index contributed by atoms with van der Waals surface area (Å²) < 4.78 is 5.03. The number of carbonyl (C=O) groups is 1. The number of halogens is 2. The van der Waals surface area contributed by atoms with Gasteiger partial charge in [0.05, 0.1) is 17.2 Å². The smallest absolute Gasteiger partial charge is 0.323 e. The summed E-state index contributed by atoms with van der Waals surface area (Å²) in [5, 5.41) is 14.8. The standard InChI is InChI=1S/C14H12Cl2N2O3/c1-21-10-4-2-8(3-5-10)17-14(20)18-9-6-11(15)13(19)12(16)7-9/h2-7,19H,1H3,(H2,17,18,20). The van der Waals surface area contributed by atoms with Gasteiger partial charge in [0.15, 0.2) is 5.75 Å². The van der Waals surface area contributed by atoms with Crippen LogP contribution in [-0.2, 0) is 0 Å². The third kappa shape index (κ3) is 3.93. The molecule has 0 aliphatic rings. The molecule has 7 heteroatoms. The van der Waals surface area contributed by atoms with Gasteiger partial charge in [-0.15, -0.1) is 0 Å². The number of nitrogens with one attached hydrogen (secondary N) is 2. The van der Waals surface area contributed by atoms with Gasteiger partial charge < -0.3 is 20.5 Å². The number of hydrogen-bond donors (Lipinski definition) is 3. The van der Waals surface area contributed by atoms with Crippen LogP contribution in [0.4, 0.5) is 16.2 Å². The number of phenols is 1. The van der Waals surface area contributed by atoms with E-state index in [1.807, 2.05) is 0 Å². The van der Waals surface area contributed by atoms with Crippen molar-refractivity contribution in [3.8, 4) is 11.5 Å². The first-order valence-electron chi connectivity index (χ1n) is 5.89. The Morgan fingerprint density at radius 1 is 1.05 bits per heavy atom. The average Bonchev–Trinajstić information content (AvgIpc) is 2.45. The molecule has 0 radical (unpaired) electrons. The number of rotatable bonds is 3. The number of phenolic OH excluding ortho intramolecular Hbond substituents is 1. The fourth-order valence-corrected chi connectivity index (χ4v) is 2.09. The van der Waals surface area contributed by atoms with Crippen molar-refractivity contribution in [3.05, 3.63) is 46.4 Å². The minimum absolute atomic E-state index is 0.0576. The number of amides is 2. The Balaban J connectivity index is 2.04. The van der Waals surface area contributed by atoms with Crippen LogP contribution in [-0.4, -0.2) is 18.2 Å². The molecule has 2 aromatic rings. The van der Waals surface area contributed by atoms with Gasteiger partial charge in [-0.2, -0.15) is 0 Å². The molecular formula is C14H12Cl2N2O3. The van der Waals surface area contributed by atoms with E-state index < -0.39 is 6.03 Å². The van der Waals surface area contributed by atoms with Crippen molar-refractivity contribution in [2.75, 3.05) is 17.7 Å². The number of anilines is 2. The molecule has 3 N–H and O–H groups in total. The van der Waals surface area contributed by atoms with Gasteiger partial charge in [0.2, 0.25) is 0 Å². The summed E-state index contributed by atoms with van der Waals surface area (Å²) in [6, 6.07) is 9.20. The maximum absolute atomic E-state index is 11.8. The number of ether oxygens (including phenoxy) is 1. The van der Waals surface area contributed by atoms with E-state index in [1.165, 1.54) is 12.1 Å². The second kappa shape index (κ2) is 6.56. The van der Waals surface area contributed by atoms with Gasteiger partial charge in [-0.3, -0.25) is 0 Å². The number of methoxy groups -OCH3 is 1. The molecule has 2 aromatic carbocycles. The molecule has 0 spiro atoms. The monoisotopic (exact) mass is 326 g/mol. The van der Waals surface area contributed by atoms with Crippen molar-refractivity contribution < 1.29 is 14.6 Å². The van der Waals surface area contributed by atoms with E-state index >= 15 is 0 Å². The Morgan fingerprint density at radius 2 is 1.57 bits per heavy atom. The molecule has 0 aliphatic carbocycles. The van der Waals surface area contributed by atoms with Crippen molar-refractivity contribution in [2.24, 2.45) is 0 Å². The summed E-state index contributed by atoms with van der Waals surface area (Å²) in [6.07, 6.45) is 0. The topological polar surface area (TPSA) is 70.6 Å². The van der Waals surface area contributed by atoms with Crippen LogP contribution in [0.5, 0.6) is 11.5 Å². The lowest BCUT2D eigenvalue weighted by Crippen LogP contribution is -2.19. The van der Waals surface area contributed by atoms with E-state index in [1.54, 1.807) is 31.4 Å². The van der Waals surface area contributed by atoms with Crippen LogP contribution in [0.15, 0.2) is 36.4 Å². The van der Waals surface area contributed by atoms with Crippen LogP contribution in [0.2, 0.25) is 10.0 Å². The summed E-state index contributed by atoms with van der Waals surface area (Å²) in [6.45, 7) is 0. The Kier molecular flexibility index (Phi) is 4.77. The summed E-state index contributed by atoms with van der Waals surface area (Å²) >= 11 is 11.6. The Morgan fingerprint density at radius 3 is 2.10 bits per heavy atom. The van der Waals surface area contributed by atoms with Crippen molar-refractivity contribution in [3.63, 3.8) is 0 Å². The molecule has 110 valence electrons. The van der Waals surface area contributed by atoms with Gasteiger partial charge in [0.1, 0.15) is 5.75 Å². The lowest BCUT2D eigenvalue weighted by Gasteiger charge is -2.09. The number of hydrogen-bond acceptors (Lipinski definition) is 3. The summed E-state index contributed by atoms with van der Waals surface area (Å²) in [5.41, 5.74) is 0.970. The predicted molar refractivity (Wildman–Crippen MR) is 83.8 cm³/mol. The molecule has 0 saturated carbocycles. The molecule has 5 nitrogen and oxygen atoms in total. The first-order chi connectivity index (χ1) is 9.99. The number of carbonyl (C=O) groups excluding carboxylic acids is 1. The van der Waals surface area contributed by atoms with E-state index in [0.717, 1.165) is 0 Å². The van der Waals surface area contributed by atoms with Gasteiger partial charge in [-0.25, -0.2) is 4.79 Å². The van der Waals surface area contributed by atoms with Crippen LogP contribution in [0, 0.1) is 0 Å². The highest BCUT2D eigenvalue weighted by atomic mass is 35.5. The lowest BCUT2D eigenvalue weighted by molar-refractivity contribution is 0.262. The van der Waals surface area contributed by atoms with E-state index in [2.05, 4.69) is 10.6 Å². The van der Waals surface area contributed by atoms with Gasteiger partial charge >= 0.3 is 6.03 Å². The number of benzene rings is 2. The third-order valence-electron chi connectivity index (χ3n) is 2.62. The molecule has 0 bridgehead atoms. The van der Waals surface area contributed by atoms with Gasteiger partial charge in [-0.05, 0) is 36.4 Å². The third-order valence-corrected chi connectivity index (χ3v) is 3.20. The van der Waals surface area contributed by atoms with Crippen LogP contribution >= 0.6 is 23.2 Å². The summed E-state index contributed by atoms with van der Waals surface area (Å²) in [5.74, 6) is 0.470. The first kappa shape index (κ1) is 15.3. The second-order valence-electron chi connectivity index (χ2n) is 4.10. The quantitative estimate of drug-likeness (QED) is 0.734. The SMILES string of the molecule is COc1ccc(NC(=O)Nc2cc(Cl)c(O)c(Cl)c2)cc1. The molecule has 0 aliphatic heterocycles. The highest BCUT2D eigenvalue weighted by Gasteiger charge is 2.09. The van der Waals surface area contributed by atoms with Crippen LogP contribution in [0.1, 0.15) is 0 Å². The normalized spacial score (nSPS) is 10.0. The van der Waals surface area contributed by atoms with Gasteiger partial charge in [0.25, 0.3) is 0 Å². The molecule has 21 heavy (non-hydrogen) atoms. The molecule has 0 saturated heterocycles. The Labute approximate surface area is 131 Å². The number of aromatic hydroxyl groups is 1.